The average molecular weight is 430 g/mol. The minimum atomic E-state index is -1.01. The number of aromatic carboxylic acids is 1. The highest BCUT2D eigenvalue weighted by Crippen LogP contribution is 2.12. The van der Waals surface area contributed by atoms with Gasteiger partial charge in [-0.2, -0.15) is 5.10 Å². The van der Waals surface area contributed by atoms with Crippen LogP contribution in [0.15, 0.2) is 58.4 Å². The average Bonchev–Trinajstić information content (AvgIpc) is 2.97. The number of carbonyl (C=O) groups is 1. The molecule has 0 aliphatic rings. The summed E-state index contributed by atoms with van der Waals surface area (Å²) < 4.78 is 1.40. The predicted molar refractivity (Wildman–Crippen MR) is 116 cm³/mol. The highest BCUT2D eigenvalue weighted by atomic mass is 35.5. The molecule has 0 fully saturated rings. The van der Waals surface area contributed by atoms with Crippen molar-refractivity contribution >= 4 is 46.8 Å². The summed E-state index contributed by atoms with van der Waals surface area (Å²) in [5.74, 6) is -1.01. The van der Waals surface area contributed by atoms with Gasteiger partial charge in [-0.3, -0.25) is 15.3 Å². The highest BCUT2D eigenvalue weighted by molar-refractivity contribution is 7.80. The lowest BCUT2D eigenvalue weighted by atomic mass is 10.2. The number of halogens is 1. The maximum absolute atomic E-state index is 12.6. The molecule has 3 aromatic rings. The van der Waals surface area contributed by atoms with E-state index in [1.165, 1.54) is 23.0 Å². The number of anilines is 1. The van der Waals surface area contributed by atoms with Crippen LogP contribution in [0.3, 0.4) is 0 Å². The molecule has 2 aromatic carbocycles. The Kier molecular flexibility index (Phi) is 6.10. The van der Waals surface area contributed by atoms with Gasteiger partial charge in [0.1, 0.15) is 0 Å². The Morgan fingerprint density at radius 2 is 1.86 bits per heavy atom. The van der Waals surface area contributed by atoms with E-state index in [1.807, 2.05) is 0 Å². The molecule has 10 heteroatoms. The van der Waals surface area contributed by atoms with Crippen molar-refractivity contribution in [2.45, 2.75) is 6.92 Å². The molecule has 3 rings (SSSR count). The smallest absolute Gasteiger partial charge is 0.335 e. The van der Waals surface area contributed by atoms with Crippen molar-refractivity contribution in [1.82, 2.24) is 15.2 Å². The van der Waals surface area contributed by atoms with Crippen LogP contribution in [0.4, 0.5) is 5.69 Å². The number of nitrogens with one attached hydrogen (secondary N) is 3. The summed E-state index contributed by atoms with van der Waals surface area (Å²) in [6.45, 7) is 1.76. The molecule has 1 aromatic heterocycles. The van der Waals surface area contributed by atoms with Crippen LogP contribution in [-0.4, -0.2) is 32.2 Å². The molecule has 0 saturated carbocycles. The topological polar surface area (TPSA) is 112 Å². The lowest BCUT2D eigenvalue weighted by molar-refractivity contribution is 0.0697. The minimum Gasteiger partial charge on any atom is -0.478 e. The van der Waals surface area contributed by atoms with E-state index in [0.717, 1.165) is 0 Å². The monoisotopic (exact) mass is 429 g/mol. The van der Waals surface area contributed by atoms with Crippen LogP contribution in [-0.2, 0) is 0 Å². The van der Waals surface area contributed by atoms with Gasteiger partial charge >= 0.3 is 5.97 Å². The fourth-order valence-corrected chi connectivity index (χ4v) is 2.79. The van der Waals surface area contributed by atoms with Crippen LogP contribution in [0.5, 0.6) is 0 Å². The van der Waals surface area contributed by atoms with Gasteiger partial charge in [0.05, 0.1) is 23.0 Å². The van der Waals surface area contributed by atoms with E-state index in [4.69, 9.17) is 28.9 Å². The van der Waals surface area contributed by atoms with Crippen molar-refractivity contribution in [2.75, 3.05) is 5.32 Å². The third-order valence-electron chi connectivity index (χ3n) is 3.95. The number of aryl methyl sites for hydroxylation is 1. The summed E-state index contributed by atoms with van der Waals surface area (Å²) in [5, 5.41) is 19.5. The van der Waals surface area contributed by atoms with Gasteiger partial charge in [0.2, 0.25) is 0 Å². The van der Waals surface area contributed by atoms with E-state index in [-0.39, 0.29) is 16.2 Å². The number of aromatic nitrogens is 2. The fraction of sp³-hybridized carbons (Fsp3) is 0.0526. The van der Waals surface area contributed by atoms with E-state index >= 15 is 0 Å². The van der Waals surface area contributed by atoms with Gasteiger partial charge in [0.15, 0.2) is 5.11 Å². The SMILES string of the molecule is Cc1[nH]n(-c2ccc(Cl)cc2)c(=O)c1/C=N/NC(=S)Nc1ccc(C(=O)O)cc1. The third-order valence-corrected chi connectivity index (χ3v) is 4.40. The Balaban J connectivity index is 1.67. The number of thiocarbonyl (C=S) groups is 1. The standard InChI is InChI=1S/C19H16ClN5O3S/c1-11-16(17(26)25(24-11)15-8-4-13(20)5-9-15)10-21-23-19(29)22-14-6-2-12(3-7-14)18(27)28/h2-10,24H,1H3,(H,27,28)(H2,22,23,29)/b21-10+. The van der Waals surface area contributed by atoms with Crippen molar-refractivity contribution in [3.05, 3.63) is 80.7 Å². The van der Waals surface area contributed by atoms with Gasteiger partial charge in [-0.15, -0.1) is 0 Å². The van der Waals surface area contributed by atoms with Gasteiger partial charge in [0, 0.05) is 16.4 Å². The summed E-state index contributed by atoms with van der Waals surface area (Å²) in [7, 11) is 0. The number of carboxylic acid groups (broad SMARTS) is 1. The molecule has 0 atom stereocenters. The van der Waals surface area contributed by atoms with Crippen LogP contribution in [0.25, 0.3) is 5.69 Å². The molecule has 0 spiro atoms. The van der Waals surface area contributed by atoms with Crippen molar-refractivity contribution in [3.63, 3.8) is 0 Å². The molecule has 0 bridgehead atoms. The Morgan fingerprint density at radius 3 is 2.48 bits per heavy atom. The van der Waals surface area contributed by atoms with Crippen LogP contribution < -0.4 is 16.3 Å². The fourth-order valence-electron chi connectivity index (χ4n) is 2.49. The summed E-state index contributed by atoms with van der Waals surface area (Å²) in [6.07, 6.45) is 1.38. The van der Waals surface area contributed by atoms with Crippen molar-refractivity contribution in [1.29, 1.82) is 0 Å². The molecule has 8 nitrogen and oxygen atoms in total. The lowest BCUT2D eigenvalue weighted by Gasteiger charge is -2.06. The first-order chi connectivity index (χ1) is 13.8. The number of H-pyrrole nitrogens is 1. The van der Waals surface area contributed by atoms with Gasteiger partial charge in [-0.25, -0.2) is 9.48 Å². The molecule has 0 unspecified atom stereocenters. The lowest BCUT2D eigenvalue weighted by Crippen LogP contribution is -2.24. The molecule has 0 aliphatic carbocycles. The summed E-state index contributed by atoms with van der Waals surface area (Å²) >= 11 is 11.0. The molecule has 148 valence electrons. The van der Waals surface area contributed by atoms with Crippen LogP contribution in [0.1, 0.15) is 21.6 Å². The molecule has 0 aliphatic heterocycles. The second kappa shape index (κ2) is 8.72. The third kappa shape index (κ3) is 4.89. The number of hydrogen-bond donors (Lipinski definition) is 4. The first-order valence-electron chi connectivity index (χ1n) is 8.36. The zero-order valence-electron chi connectivity index (χ0n) is 15.1. The van der Waals surface area contributed by atoms with E-state index < -0.39 is 5.97 Å². The van der Waals surface area contributed by atoms with E-state index in [0.29, 0.717) is 27.7 Å². The molecular weight excluding hydrogens is 414 g/mol. The molecule has 4 N–H and O–H groups in total. The number of hydrazone groups is 1. The Bertz CT molecular complexity index is 1130. The normalized spacial score (nSPS) is 10.8. The zero-order chi connectivity index (χ0) is 21.0. The Morgan fingerprint density at radius 1 is 1.21 bits per heavy atom. The van der Waals surface area contributed by atoms with Crippen molar-refractivity contribution in [2.24, 2.45) is 5.10 Å². The summed E-state index contributed by atoms with van der Waals surface area (Å²) in [4.78, 5) is 23.5. The maximum Gasteiger partial charge on any atom is 0.335 e. The van der Waals surface area contributed by atoms with Gasteiger partial charge in [-0.1, -0.05) is 11.6 Å². The number of benzene rings is 2. The number of nitrogens with zero attached hydrogens (tertiary/aromatic N) is 2. The molecule has 0 amide bonds. The molecule has 0 radical (unpaired) electrons. The van der Waals surface area contributed by atoms with E-state index in [9.17, 15) is 9.59 Å². The van der Waals surface area contributed by atoms with Crippen LogP contribution >= 0.6 is 23.8 Å². The predicted octanol–water partition coefficient (Wildman–Crippen LogP) is 3.15. The zero-order valence-corrected chi connectivity index (χ0v) is 16.7. The number of aromatic amines is 1. The summed E-state index contributed by atoms with van der Waals surface area (Å²) in [5.41, 5.74) is 4.80. The molecular formula is C19H16ClN5O3S. The summed E-state index contributed by atoms with van der Waals surface area (Å²) in [6, 6.07) is 12.9. The minimum absolute atomic E-state index is 0.173. The Labute approximate surface area is 175 Å². The first kappa shape index (κ1) is 20.3. The quantitative estimate of drug-likeness (QED) is 0.281. The molecule has 1 heterocycles. The Hall–Kier alpha value is -3.43. The van der Waals surface area contributed by atoms with Gasteiger partial charge < -0.3 is 10.4 Å². The van der Waals surface area contributed by atoms with Crippen molar-refractivity contribution < 1.29 is 9.90 Å². The number of hydrogen-bond acceptors (Lipinski definition) is 4. The van der Waals surface area contributed by atoms with E-state index in [1.54, 1.807) is 43.3 Å². The number of carboxylic acids is 1. The second-order valence-corrected chi connectivity index (χ2v) is 6.82. The highest BCUT2D eigenvalue weighted by Gasteiger charge is 2.10. The van der Waals surface area contributed by atoms with E-state index in [2.05, 4.69) is 20.9 Å². The van der Waals surface area contributed by atoms with Gasteiger partial charge in [0.25, 0.3) is 5.56 Å². The largest absolute Gasteiger partial charge is 0.478 e. The maximum atomic E-state index is 12.6. The molecule has 29 heavy (non-hydrogen) atoms. The van der Waals surface area contributed by atoms with Crippen LogP contribution in [0.2, 0.25) is 5.02 Å². The van der Waals surface area contributed by atoms with Crippen LogP contribution in [0, 0.1) is 6.92 Å². The number of rotatable bonds is 5. The first-order valence-corrected chi connectivity index (χ1v) is 9.15. The van der Waals surface area contributed by atoms with Gasteiger partial charge in [-0.05, 0) is 67.7 Å². The van der Waals surface area contributed by atoms with Crippen molar-refractivity contribution in [3.8, 4) is 5.69 Å². The second-order valence-electron chi connectivity index (χ2n) is 5.97. The molecule has 0 saturated heterocycles.